The summed E-state index contributed by atoms with van der Waals surface area (Å²) in [6.45, 7) is 0. The number of esters is 1. The number of halogens is 1. The van der Waals surface area contributed by atoms with Crippen LogP contribution >= 0.6 is 15.9 Å². The van der Waals surface area contributed by atoms with Crippen LogP contribution in [0.2, 0.25) is 0 Å². The SMILES string of the molecule is COC(=O)C(Nc1cc(CS(=O)(=O)/C=C/c2c(OC)cc(OC)cc2OC)ccc1OC)c1ccc(Br)cc1. The number of benzene rings is 3. The number of hydrogen-bond donors (Lipinski definition) is 1. The van der Waals surface area contributed by atoms with Crippen molar-refractivity contribution in [2.75, 3.05) is 40.9 Å². The number of hydrogen-bond acceptors (Lipinski definition) is 9. The van der Waals surface area contributed by atoms with Crippen LogP contribution in [0.5, 0.6) is 23.0 Å². The molecule has 0 fully saturated rings. The van der Waals surface area contributed by atoms with E-state index in [1.54, 1.807) is 42.5 Å². The molecule has 0 aliphatic carbocycles. The van der Waals surface area contributed by atoms with Crippen LogP contribution < -0.4 is 24.3 Å². The predicted molar refractivity (Wildman–Crippen MR) is 153 cm³/mol. The summed E-state index contributed by atoms with van der Waals surface area (Å²) in [4.78, 5) is 12.6. The van der Waals surface area contributed by atoms with Crippen LogP contribution in [-0.4, -0.2) is 49.9 Å². The molecule has 11 heteroatoms. The normalized spacial score (nSPS) is 12.1. The van der Waals surface area contributed by atoms with Crippen molar-refractivity contribution < 1.29 is 36.9 Å². The van der Waals surface area contributed by atoms with Gasteiger partial charge in [-0.15, -0.1) is 0 Å². The van der Waals surface area contributed by atoms with E-state index in [2.05, 4.69) is 21.2 Å². The van der Waals surface area contributed by atoms with E-state index in [9.17, 15) is 13.2 Å². The summed E-state index contributed by atoms with van der Waals surface area (Å²) in [5, 5.41) is 4.24. The molecule has 0 aliphatic heterocycles. The molecule has 0 radical (unpaired) electrons. The zero-order valence-corrected chi connectivity index (χ0v) is 24.6. The second-order valence-electron chi connectivity index (χ2n) is 8.24. The highest BCUT2D eigenvalue weighted by atomic mass is 79.9. The van der Waals surface area contributed by atoms with Gasteiger partial charge < -0.3 is 29.0 Å². The van der Waals surface area contributed by atoms with Crippen LogP contribution in [0.25, 0.3) is 6.08 Å². The molecule has 0 aliphatic rings. The molecule has 9 nitrogen and oxygen atoms in total. The van der Waals surface area contributed by atoms with Gasteiger partial charge in [-0.05, 0) is 41.5 Å². The van der Waals surface area contributed by atoms with Gasteiger partial charge in [0.05, 0.1) is 52.6 Å². The lowest BCUT2D eigenvalue weighted by Crippen LogP contribution is -2.22. The average Bonchev–Trinajstić information content (AvgIpc) is 2.94. The van der Waals surface area contributed by atoms with Gasteiger partial charge in [0.2, 0.25) is 0 Å². The summed E-state index contributed by atoms with van der Waals surface area (Å²) in [5.41, 5.74) is 2.04. The molecule has 0 saturated carbocycles. The summed E-state index contributed by atoms with van der Waals surface area (Å²) < 4.78 is 53.5. The highest BCUT2D eigenvalue weighted by molar-refractivity contribution is 9.10. The van der Waals surface area contributed by atoms with Crippen LogP contribution in [0.3, 0.4) is 0 Å². The molecule has 0 amide bonds. The molecule has 1 N–H and O–H groups in total. The van der Waals surface area contributed by atoms with Crippen LogP contribution in [-0.2, 0) is 25.1 Å². The first kappa shape index (κ1) is 29.9. The third-order valence-corrected chi connectivity index (χ3v) is 7.58. The highest BCUT2D eigenvalue weighted by Crippen LogP contribution is 2.36. The lowest BCUT2D eigenvalue weighted by atomic mass is 10.1. The Morgan fingerprint density at radius 2 is 1.49 bits per heavy atom. The molecule has 39 heavy (non-hydrogen) atoms. The van der Waals surface area contributed by atoms with Gasteiger partial charge in [-0.2, -0.15) is 0 Å². The van der Waals surface area contributed by atoms with Crippen molar-refractivity contribution in [3.05, 3.63) is 81.2 Å². The van der Waals surface area contributed by atoms with Gasteiger partial charge in [0.15, 0.2) is 15.9 Å². The summed E-state index contributed by atoms with van der Waals surface area (Å²) in [7, 11) is 3.52. The number of ether oxygens (including phenoxy) is 5. The fourth-order valence-electron chi connectivity index (χ4n) is 3.81. The molecule has 0 saturated heterocycles. The molecule has 3 aromatic carbocycles. The maximum Gasteiger partial charge on any atom is 0.332 e. The molecular formula is C28H30BrNO8S. The first-order valence-electron chi connectivity index (χ1n) is 11.6. The number of carbonyl (C=O) groups excluding carboxylic acids is 1. The maximum absolute atomic E-state index is 13.1. The van der Waals surface area contributed by atoms with Gasteiger partial charge in [0.1, 0.15) is 23.0 Å². The molecule has 0 aromatic heterocycles. The van der Waals surface area contributed by atoms with E-state index in [1.165, 1.54) is 41.6 Å². The Kier molecular flexibility index (Phi) is 10.2. The minimum Gasteiger partial charge on any atom is -0.496 e. The van der Waals surface area contributed by atoms with Gasteiger partial charge in [-0.1, -0.05) is 34.1 Å². The van der Waals surface area contributed by atoms with Crippen molar-refractivity contribution in [1.82, 2.24) is 0 Å². The van der Waals surface area contributed by atoms with Gasteiger partial charge in [-0.25, -0.2) is 13.2 Å². The van der Waals surface area contributed by atoms with Gasteiger partial charge in [0, 0.05) is 22.0 Å². The summed E-state index contributed by atoms with van der Waals surface area (Å²) in [6, 6.07) is 14.5. The third-order valence-electron chi connectivity index (χ3n) is 5.77. The Labute approximate surface area is 236 Å². The monoisotopic (exact) mass is 619 g/mol. The maximum atomic E-state index is 13.1. The Balaban J connectivity index is 1.91. The first-order valence-corrected chi connectivity index (χ1v) is 14.1. The largest absolute Gasteiger partial charge is 0.496 e. The van der Waals surface area contributed by atoms with Crippen molar-refractivity contribution in [2.24, 2.45) is 0 Å². The van der Waals surface area contributed by atoms with Gasteiger partial charge in [0.25, 0.3) is 0 Å². The Morgan fingerprint density at radius 3 is 2.03 bits per heavy atom. The van der Waals surface area contributed by atoms with E-state index in [1.807, 2.05) is 12.1 Å². The van der Waals surface area contributed by atoms with Gasteiger partial charge in [-0.3, -0.25) is 0 Å². The quantitative estimate of drug-likeness (QED) is 0.267. The van der Waals surface area contributed by atoms with Gasteiger partial charge >= 0.3 is 5.97 Å². The Morgan fingerprint density at radius 1 is 0.872 bits per heavy atom. The summed E-state index contributed by atoms with van der Waals surface area (Å²) in [6.07, 6.45) is 1.43. The fourth-order valence-corrected chi connectivity index (χ4v) is 5.16. The van der Waals surface area contributed by atoms with E-state index in [-0.39, 0.29) is 5.75 Å². The molecule has 208 valence electrons. The molecule has 0 spiro atoms. The van der Waals surface area contributed by atoms with E-state index < -0.39 is 21.8 Å². The van der Waals surface area contributed by atoms with Crippen molar-refractivity contribution >= 4 is 43.5 Å². The minimum absolute atomic E-state index is 0.301. The zero-order valence-electron chi connectivity index (χ0n) is 22.2. The molecule has 1 unspecified atom stereocenters. The Hall–Kier alpha value is -3.70. The highest BCUT2D eigenvalue weighted by Gasteiger charge is 2.23. The van der Waals surface area contributed by atoms with Crippen molar-refractivity contribution in [1.29, 1.82) is 0 Å². The molecule has 1 atom stereocenters. The fraction of sp³-hybridized carbons (Fsp3) is 0.250. The number of anilines is 1. The number of methoxy groups -OCH3 is 5. The Bertz CT molecular complexity index is 1410. The van der Waals surface area contributed by atoms with Crippen molar-refractivity contribution in [3.63, 3.8) is 0 Å². The van der Waals surface area contributed by atoms with E-state index in [0.29, 0.717) is 45.4 Å². The number of carbonyl (C=O) groups is 1. The first-order chi connectivity index (χ1) is 18.6. The molecule has 0 bridgehead atoms. The number of sulfone groups is 1. The van der Waals surface area contributed by atoms with E-state index in [0.717, 1.165) is 9.88 Å². The number of nitrogens with one attached hydrogen (secondary N) is 1. The van der Waals surface area contributed by atoms with Crippen LogP contribution in [0.15, 0.2) is 64.5 Å². The third kappa shape index (κ3) is 7.67. The second kappa shape index (κ2) is 13.4. The average molecular weight is 621 g/mol. The lowest BCUT2D eigenvalue weighted by Gasteiger charge is -2.20. The van der Waals surface area contributed by atoms with E-state index >= 15 is 0 Å². The van der Waals surface area contributed by atoms with Crippen molar-refractivity contribution in [2.45, 2.75) is 11.8 Å². The van der Waals surface area contributed by atoms with Crippen LogP contribution in [0.1, 0.15) is 22.7 Å². The molecule has 3 aromatic rings. The second-order valence-corrected chi connectivity index (χ2v) is 11.0. The molecule has 3 rings (SSSR count). The standard InChI is InChI=1S/C28H30BrNO8S/c1-34-21-15-25(36-3)22(26(16-21)37-4)12-13-39(32,33)17-18-6-11-24(35-2)23(14-18)30-27(28(31)38-5)19-7-9-20(29)10-8-19/h6-16,27,30H,17H2,1-5H3/b13-12+. The van der Waals surface area contributed by atoms with E-state index in [4.69, 9.17) is 23.7 Å². The molecule has 0 heterocycles. The summed E-state index contributed by atoms with van der Waals surface area (Å²) in [5.74, 6) is 0.929. The zero-order chi connectivity index (χ0) is 28.6. The van der Waals surface area contributed by atoms with Crippen molar-refractivity contribution in [3.8, 4) is 23.0 Å². The van der Waals surface area contributed by atoms with Crippen LogP contribution in [0.4, 0.5) is 5.69 Å². The number of rotatable bonds is 12. The lowest BCUT2D eigenvalue weighted by molar-refractivity contribution is -0.141. The summed E-state index contributed by atoms with van der Waals surface area (Å²) >= 11 is 3.39. The minimum atomic E-state index is -3.73. The smallest absolute Gasteiger partial charge is 0.332 e. The topological polar surface area (TPSA) is 109 Å². The molecular weight excluding hydrogens is 590 g/mol. The predicted octanol–water partition coefficient (Wildman–Crippen LogP) is 5.40. The van der Waals surface area contributed by atoms with Crippen LogP contribution in [0, 0.1) is 0 Å².